The fourth-order valence-corrected chi connectivity index (χ4v) is 6.97. The van der Waals surface area contributed by atoms with Crippen LogP contribution in [0.4, 0.5) is 0 Å². The molecule has 4 rings (SSSR count). The quantitative estimate of drug-likeness (QED) is 0.247. The lowest BCUT2D eigenvalue weighted by molar-refractivity contribution is 0.620. The molecule has 0 spiro atoms. The van der Waals surface area contributed by atoms with Gasteiger partial charge in [0.15, 0.2) is 0 Å². The molecule has 0 saturated carbocycles. The number of pyridine rings is 1. The molecule has 0 aliphatic heterocycles. The smallest absolute Gasteiger partial charge is 0.144 e. The zero-order valence-corrected chi connectivity index (χ0v) is 22.5. The molecule has 0 unspecified atom stereocenters. The van der Waals surface area contributed by atoms with Crippen LogP contribution in [0, 0.1) is 0 Å². The first kappa shape index (κ1) is 23.8. The monoisotopic (exact) mass is 457 g/mol. The van der Waals surface area contributed by atoms with Gasteiger partial charge in [-0.25, -0.2) is 0 Å². The summed E-state index contributed by atoms with van der Waals surface area (Å²) in [5.41, 5.74) is 6.98. The van der Waals surface area contributed by atoms with Crippen molar-refractivity contribution in [3.05, 3.63) is 59.8 Å². The summed E-state index contributed by atoms with van der Waals surface area (Å²) >= 11 is 0. The highest BCUT2D eigenvalue weighted by atomic mass is 28.3. The molecule has 2 heterocycles. The van der Waals surface area contributed by atoms with Gasteiger partial charge in [-0.05, 0) is 66.0 Å². The molecule has 174 valence electrons. The molecule has 0 N–H and O–H groups in total. The minimum absolute atomic E-state index is 0.498. The molecule has 0 fully saturated rings. The Morgan fingerprint density at radius 1 is 0.848 bits per heavy atom. The predicted molar refractivity (Wildman–Crippen MR) is 147 cm³/mol. The first-order valence-corrected chi connectivity index (χ1v) is 16.3. The van der Waals surface area contributed by atoms with Gasteiger partial charge in [0.1, 0.15) is 11.2 Å². The minimum Gasteiger partial charge on any atom is -0.455 e. The van der Waals surface area contributed by atoms with Crippen molar-refractivity contribution in [2.75, 3.05) is 0 Å². The molecule has 0 amide bonds. The lowest BCUT2D eigenvalue weighted by Crippen LogP contribution is -2.38. The SMILES string of the molecule is CCC(CC)c1cnc(-c2ccc([Si](C)(C)C)c3c2oc2ccccc23)c(C(CC)CC)c1. The molecule has 0 bridgehead atoms. The molecule has 2 nitrogen and oxygen atoms in total. The molecule has 0 aliphatic rings. The van der Waals surface area contributed by atoms with E-state index in [9.17, 15) is 0 Å². The lowest BCUT2D eigenvalue weighted by Gasteiger charge is -2.22. The predicted octanol–water partition coefficient (Wildman–Crippen LogP) is 9.00. The summed E-state index contributed by atoms with van der Waals surface area (Å²) in [5, 5.41) is 3.98. The third kappa shape index (κ3) is 4.28. The highest BCUT2D eigenvalue weighted by Crippen LogP contribution is 2.40. The number of hydrogen-bond donors (Lipinski definition) is 0. The van der Waals surface area contributed by atoms with E-state index in [-0.39, 0.29) is 0 Å². The molecular weight excluding hydrogens is 418 g/mol. The van der Waals surface area contributed by atoms with Crippen LogP contribution in [0.3, 0.4) is 0 Å². The van der Waals surface area contributed by atoms with Gasteiger partial charge in [0.25, 0.3) is 0 Å². The number of fused-ring (bicyclic) bond motifs is 3. The second-order valence-electron chi connectivity index (χ2n) is 10.4. The molecule has 0 radical (unpaired) electrons. The standard InChI is InChI=1S/C30H39NOSi/c1-8-20(9-2)22-18-25(21(10-3)11-4)29(31-19-22)24-16-17-27(33(5,6)7)28-23-14-12-13-15-26(23)32-30(24)28/h12-21H,8-11H2,1-7H3. The molecule has 4 aromatic rings. The fraction of sp³-hybridized carbons (Fsp3) is 0.433. The fourth-order valence-electron chi connectivity index (χ4n) is 5.39. The van der Waals surface area contributed by atoms with Crippen LogP contribution in [0.1, 0.15) is 76.3 Å². The zero-order chi connectivity index (χ0) is 23.8. The van der Waals surface area contributed by atoms with Crippen LogP contribution in [0.2, 0.25) is 19.6 Å². The normalized spacial score (nSPS) is 12.5. The van der Waals surface area contributed by atoms with Crippen molar-refractivity contribution in [2.45, 2.75) is 84.9 Å². The largest absolute Gasteiger partial charge is 0.455 e. The van der Waals surface area contributed by atoms with Crippen LogP contribution in [0.5, 0.6) is 0 Å². The highest BCUT2D eigenvalue weighted by molar-refractivity contribution is 6.90. The Morgan fingerprint density at radius 2 is 1.52 bits per heavy atom. The number of para-hydroxylation sites is 1. The van der Waals surface area contributed by atoms with E-state index in [4.69, 9.17) is 9.40 Å². The van der Waals surface area contributed by atoms with Crippen molar-refractivity contribution >= 4 is 35.2 Å². The molecule has 0 saturated heterocycles. The van der Waals surface area contributed by atoms with Crippen LogP contribution in [0.15, 0.2) is 53.1 Å². The Balaban J connectivity index is 2.05. The van der Waals surface area contributed by atoms with Crippen LogP contribution in [-0.4, -0.2) is 13.1 Å². The third-order valence-electron chi connectivity index (χ3n) is 7.41. The molecule has 2 aromatic carbocycles. The maximum atomic E-state index is 6.58. The van der Waals surface area contributed by atoms with Gasteiger partial charge in [0.2, 0.25) is 0 Å². The Bertz CT molecular complexity index is 1260. The number of rotatable bonds is 8. The van der Waals surface area contributed by atoms with Crippen LogP contribution < -0.4 is 5.19 Å². The second kappa shape index (κ2) is 9.46. The van der Waals surface area contributed by atoms with E-state index in [1.807, 2.05) is 0 Å². The van der Waals surface area contributed by atoms with Crippen LogP contribution in [-0.2, 0) is 0 Å². The summed E-state index contributed by atoms with van der Waals surface area (Å²) in [6.45, 7) is 16.4. The van der Waals surface area contributed by atoms with Crippen LogP contribution >= 0.6 is 0 Å². The van der Waals surface area contributed by atoms with Crippen LogP contribution in [0.25, 0.3) is 33.2 Å². The van der Waals surface area contributed by atoms with Crippen molar-refractivity contribution in [1.29, 1.82) is 0 Å². The van der Waals surface area contributed by atoms with Crippen molar-refractivity contribution in [1.82, 2.24) is 4.98 Å². The zero-order valence-electron chi connectivity index (χ0n) is 21.5. The van der Waals surface area contributed by atoms with Gasteiger partial charge in [-0.15, -0.1) is 0 Å². The van der Waals surface area contributed by atoms with E-state index in [0.717, 1.165) is 48.1 Å². The number of benzene rings is 2. The van der Waals surface area contributed by atoms with E-state index >= 15 is 0 Å². The minimum atomic E-state index is -1.57. The number of nitrogens with zero attached hydrogens (tertiary/aromatic N) is 1. The summed E-state index contributed by atoms with van der Waals surface area (Å²) in [6.07, 6.45) is 6.67. The molecule has 2 aromatic heterocycles. The van der Waals surface area contributed by atoms with Gasteiger partial charge in [-0.1, -0.05) is 77.7 Å². The van der Waals surface area contributed by atoms with Crippen molar-refractivity contribution in [3.8, 4) is 11.3 Å². The Hall–Kier alpha value is -2.39. The van der Waals surface area contributed by atoms with Crippen molar-refractivity contribution in [3.63, 3.8) is 0 Å². The van der Waals surface area contributed by atoms with Gasteiger partial charge in [0, 0.05) is 22.5 Å². The molecule has 0 aliphatic carbocycles. The Labute approximate surface area is 200 Å². The van der Waals surface area contributed by atoms with Crippen molar-refractivity contribution < 1.29 is 4.42 Å². The summed E-state index contributed by atoms with van der Waals surface area (Å²) in [7, 11) is -1.57. The van der Waals surface area contributed by atoms with Crippen molar-refractivity contribution in [2.24, 2.45) is 0 Å². The van der Waals surface area contributed by atoms with E-state index in [1.54, 1.807) is 0 Å². The molecule has 0 atom stereocenters. The average molecular weight is 458 g/mol. The first-order chi connectivity index (χ1) is 15.8. The number of hydrogen-bond acceptors (Lipinski definition) is 2. The maximum Gasteiger partial charge on any atom is 0.144 e. The molecular formula is C30H39NOSi. The van der Waals surface area contributed by atoms with Gasteiger partial charge >= 0.3 is 0 Å². The van der Waals surface area contributed by atoms with Gasteiger partial charge < -0.3 is 4.42 Å². The topological polar surface area (TPSA) is 26.0 Å². The van der Waals surface area contributed by atoms with Gasteiger partial charge in [0.05, 0.1) is 13.8 Å². The van der Waals surface area contributed by atoms with Gasteiger partial charge in [-0.2, -0.15) is 0 Å². The summed E-state index contributed by atoms with van der Waals surface area (Å²) in [4.78, 5) is 5.15. The number of aromatic nitrogens is 1. The summed E-state index contributed by atoms with van der Waals surface area (Å²) in [6, 6.07) is 15.6. The van der Waals surface area contributed by atoms with E-state index in [1.165, 1.54) is 27.1 Å². The Kier molecular flexibility index (Phi) is 6.81. The number of furan rings is 1. The van der Waals surface area contributed by atoms with E-state index < -0.39 is 8.07 Å². The second-order valence-corrected chi connectivity index (χ2v) is 15.5. The summed E-state index contributed by atoms with van der Waals surface area (Å²) < 4.78 is 6.58. The maximum absolute atomic E-state index is 6.58. The van der Waals surface area contributed by atoms with E-state index in [0.29, 0.717) is 11.8 Å². The lowest BCUT2D eigenvalue weighted by atomic mass is 9.86. The highest BCUT2D eigenvalue weighted by Gasteiger charge is 2.26. The van der Waals surface area contributed by atoms with E-state index in [2.05, 4.69) is 96.0 Å². The summed E-state index contributed by atoms with van der Waals surface area (Å²) in [5.74, 6) is 1.07. The first-order valence-electron chi connectivity index (χ1n) is 12.8. The molecule has 3 heteroatoms. The molecule has 33 heavy (non-hydrogen) atoms. The van der Waals surface area contributed by atoms with Gasteiger partial charge in [-0.3, -0.25) is 4.98 Å². The Morgan fingerprint density at radius 3 is 2.15 bits per heavy atom. The average Bonchev–Trinajstić information content (AvgIpc) is 3.19. The third-order valence-corrected chi connectivity index (χ3v) is 9.44.